The molecule has 1 saturated heterocycles. The fraction of sp³-hybridized carbons (Fsp3) is 0.400. The molecule has 3 amide bonds. The lowest BCUT2D eigenvalue weighted by Gasteiger charge is -2.36. The molecule has 0 aliphatic carbocycles. The number of hydrogen-bond acceptors (Lipinski definition) is 6. The number of nitrogens with one attached hydrogen (secondary N) is 3. The van der Waals surface area contributed by atoms with Gasteiger partial charge >= 0.3 is 6.03 Å². The first-order chi connectivity index (χ1) is 14.9. The zero-order chi connectivity index (χ0) is 22.4. The van der Waals surface area contributed by atoms with Gasteiger partial charge in [-0.2, -0.15) is 4.39 Å². The fourth-order valence-electron chi connectivity index (χ4n) is 3.31. The Morgan fingerprint density at radius 2 is 1.94 bits per heavy atom. The molecule has 0 atom stereocenters. The zero-order valence-electron chi connectivity index (χ0n) is 17.4. The standard InChI is InChI=1S/C20H25BrFN7O2/c1-3-24-20(31)27-18-16(21)13(6-7-25-18)12-28-8-10-29(11-9-28)15-5-4-14(19(30)23-2)26-17(15)22/h4-7H,3,8-12H2,1-2H3,(H,23,30)(H2,24,25,27,31). The van der Waals surface area contributed by atoms with Gasteiger partial charge < -0.3 is 15.5 Å². The summed E-state index contributed by atoms with van der Waals surface area (Å²) in [5.41, 5.74) is 1.45. The van der Waals surface area contributed by atoms with E-state index in [2.05, 4.69) is 46.7 Å². The molecule has 9 nitrogen and oxygen atoms in total. The third kappa shape index (κ3) is 5.67. The number of pyridine rings is 2. The maximum absolute atomic E-state index is 14.4. The number of halogens is 2. The van der Waals surface area contributed by atoms with Crippen molar-refractivity contribution >= 4 is 39.4 Å². The van der Waals surface area contributed by atoms with Crippen LogP contribution in [0.4, 0.5) is 20.7 Å². The van der Waals surface area contributed by atoms with Gasteiger partial charge in [-0.25, -0.2) is 14.8 Å². The van der Waals surface area contributed by atoms with Crippen molar-refractivity contribution in [3.8, 4) is 0 Å². The first kappa shape index (κ1) is 22.9. The molecule has 0 spiro atoms. The SMILES string of the molecule is CCNC(=O)Nc1nccc(CN2CCN(c3ccc(C(=O)NC)nc3F)CC2)c1Br. The number of carbonyl (C=O) groups is 2. The van der Waals surface area contributed by atoms with Crippen LogP contribution in [-0.4, -0.2) is 66.6 Å². The molecule has 1 aliphatic rings. The molecular formula is C20H25BrFN7O2. The molecule has 3 N–H and O–H groups in total. The van der Waals surface area contributed by atoms with Gasteiger partial charge in [0.05, 0.1) is 10.2 Å². The van der Waals surface area contributed by atoms with Crippen LogP contribution in [-0.2, 0) is 6.54 Å². The second-order valence-electron chi connectivity index (χ2n) is 6.97. The minimum atomic E-state index is -0.646. The maximum Gasteiger partial charge on any atom is 0.320 e. The van der Waals surface area contributed by atoms with E-state index in [0.717, 1.165) is 23.1 Å². The summed E-state index contributed by atoms with van der Waals surface area (Å²) >= 11 is 3.54. The number of piperazine rings is 1. The molecule has 166 valence electrons. The number of amides is 3. The van der Waals surface area contributed by atoms with E-state index in [-0.39, 0.29) is 11.7 Å². The maximum atomic E-state index is 14.4. The summed E-state index contributed by atoms with van der Waals surface area (Å²) in [6.45, 7) is 5.75. The highest BCUT2D eigenvalue weighted by atomic mass is 79.9. The summed E-state index contributed by atoms with van der Waals surface area (Å²) in [4.78, 5) is 35.6. The summed E-state index contributed by atoms with van der Waals surface area (Å²) in [6, 6.07) is 4.72. The lowest BCUT2D eigenvalue weighted by atomic mass is 10.2. The molecule has 3 heterocycles. The van der Waals surface area contributed by atoms with Gasteiger partial charge in [-0.05, 0) is 46.6 Å². The third-order valence-electron chi connectivity index (χ3n) is 4.93. The van der Waals surface area contributed by atoms with Crippen molar-refractivity contribution in [2.24, 2.45) is 0 Å². The van der Waals surface area contributed by atoms with E-state index >= 15 is 0 Å². The highest BCUT2D eigenvalue weighted by molar-refractivity contribution is 9.10. The number of aromatic nitrogens is 2. The van der Waals surface area contributed by atoms with Crippen molar-refractivity contribution in [2.45, 2.75) is 13.5 Å². The Kier molecular flexibility index (Phi) is 7.75. The number of carbonyl (C=O) groups excluding carboxylic acids is 2. The minimum absolute atomic E-state index is 0.0574. The number of anilines is 2. The van der Waals surface area contributed by atoms with Gasteiger partial charge in [0.2, 0.25) is 5.95 Å². The summed E-state index contributed by atoms with van der Waals surface area (Å²) in [5, 5.41) is 7.84. The normalized spacial score (nSPS) is 14.3. The summed E-state index contributed by atoms with van der Waals surface area (Å²) in [5.74, 6) is -0.599. The lowest BCUT2D eigenvalue weighted by molar-refractivity contribution is 0.0957. The van der Waals surface area contributed by atoms with E-state index in [1.807, 2.05) is 17.9 Å². The molecule has 1 aliphatic heterocycles. The molecular weight excluding hydrogens is 469 g/mol. The van der Waals surface area contributed by atoms with Crippen molar-refractivity contribution in [2.75, 3.05) is 50.0 Å². The summed E-state index contributed by atoms with van der Waals surface area (Å²) < 4.78 is 15.2. The van der Waals surface area contributed by atoms with Gasteiger partial charge in [0.25, 0.3) is 5.91 Å². The molecule has 3 rings (SSSR count). The van der Waals surface area contributed by atoms with Crippen molar-refractivity contribution in [3.63, 3.8) is 0 Å². The van der Waals surface area contributed by atoms with Gasteiger partial charge in [0.15, 0.2) is 0 Å². The number of hydrogen-bond donors (Lipinski definition) is 3. The number of rotatable bonds is 6. The predicted octanol–water partition coefficient (Wildman–Crippen LogP) is 2.20. The first-order valence-corrected chi connectivity index (χ1v) is 10.8. The Balaban J connectivity index is 1.61. The molecule has 11 heteroatoms. The highest BCUT2D eigenvalue weighted by Crippen LogP contribution is 2.26. The van der Waals surface area contributed by atoms with Crippen LogP contribution in [0.15, 0.2) is 28.9 Å². The minimum Gasteiger partial charge on any atom is -0.365 e. The van der Waals surface area contributed by atoms with Crippen LogP contribution in [0.1, 0.15) is 23.0 Å². The van der Waals surface area contributed by atoms with Crippen LogP contribution >= 0.6 is 15.9 Å². The largest absolute Gasteiger partial charge is 0.365 e. The lowest BCUT2D eigenvalue weighted by Crippen LogP contribution is -2.46. The van der Waals surface area contributed by atoms with Crippen LogP contribution in [0.25, 0.3) is 0 Å². The average molecular weight is 494 g/mol. The summed E-state index contributed by atoms with van der Waals surface area (Å²) in [6.07, 6.45) is 1.66. The Morgan fingerprint density at radius 3 is 2.58 bits per heavy atom. The Hall–Kier alpha value is -2.79. The van der Waals surface area contributed by atoms with Crippen LogP contribution in [0.5, 0.6) is 0 Å². The van der Waals surface area contributed by atoms with Crippen LogP contribution < -0.4 is 20.9 Å². The summed E-state index contributed by atoms with van der Waals surface area (Å²) in [7, 11) is 1.48. The molecule has 0 saturated carbocycles. The van der Waals surface area contributed by atoms with Crippen molar-refractivity contribution in [3.05, 3.63) is 46.1 Å². The Bertz CT molecular complexity index is 951. The number of nitrogens with zero attached hydrogens (tertiary/aromatic N) is 4. The third-order valence-corrected chi connectivity index (χ3v) is 5.82. The van der Waals surface area contributed by atoms with Crippen molar-refractivity contribution in [1.29, 1.82) is 0 Å². The van der Waals surface area contributed by atoms with E-state index in [4.69, 9.17) is 0 Å². The van der Waals surface area contributed by atoms with E-state index in [1.165, 1.54) is 13.1 Å². The van der Waals surface area contributed by atoms with E-state index < -0.39 is 11.9 Å². The molecule has 0 aromatic carbocycles. The van der Waals surface area contributed by atoms with E-state index in [0.29, 0.717) is 37.7 Å². The fourth-order valence-corrected chi connectivity index (χ4v) is 3.77. The molecule has 0 unspecified atom stereocenters. The van der Waals surface area contributed by atoms with Gasteiger partial charge in [-0.15, -0.1) is 0 Å². The van der Waals surface area contributed by atoms with Crippen molar-refractivity contribution in [1.82, 2.24) is 25.5 Å². The molecule has 2 aromatic heterocycles. The molecule has 0 radical (unpaired) electrons. The predicted molar refractivity (Wildman–Crippen MR) is 120 cm³/mol. The first-order valence-electron chi connectivity index (χ1n) is 9.97. The molecule has 0 bridgehead atoms. The Labute approximate surface area is 188 Å². The van der Waals surface area contributed by atoms with Gasteiger partial charge in [0.1, 0.15) is 11.5 Å². The van der Waals surface area contributed by atoms with Crippen molar-refractivity contribution < 1.29 is 14.0 Å². The zero-order valence-corrected chi connectivity index (χ0v) is 19.0. The van der Waals surface area contributed by atoms with Crippen LogP contribution in [0.3, 0.4) is 0 Å². The van der Waals surface area contributed by atoms with Gasteiger partial charge in [0, 0.05) is 52.5 Å². The Morgan fingerprint density at radius 1 is 1.19 bits per heavy atom. The smallest absolute Gasteiger partial charge is 0.320 e. The molecule has 31 heavy (non-hydrogen) atoms. The van der Waals surface area contributed by atoms with E-state index in [1.54, 1.807) is 12.3 Å². The second-order valence-corrected chi connectivity index (χ2v) is 7.76. The van der Waals surface area contributed by atoms with Gasteiger partial charge in [-0.3, -0.25) is 15.0 Å². The number of urea groups is 1. The van der Waals surface area contributed by atoms with Crippen LogP contribution in [0, 0.1) is 5.95 Å². The molecule has 1 fully saturated rings. The quantitative estimate of drug-likeness (QED) is 0.533. The topological polar surface area (TPSA) is 102 Å². The molecule has 2 aromatic rings. The average Bonchev–Trinajstić information content (AvgIpc) is 2.76. The monoisotopic (exact) mass is 493 g/mol. The highest BCUT2D eigenvalue weighted by Gasteiger charge is 2.22. The van der Waals surface area contributed by atoms with Crippen LogP contribution in [0.2, 0.25) is 0 Å². The van der Waals surface area contributed by atoms with Gasteiger partial charge in [-0.1, -0.05) is 0 Å². The van der Waals surface area contributed by atoms with E-state index in [9.17, 15) is 14.0 Å². The second kappa shape index (κ2) is 10.5.